The van der Waals surface area contributed by atoms with Gasteiger partial charge in [0.1, 0.15) is 11.5 Å². The molecule has 0 fully saturated rings. The predicted molar refractivity (Wildman–Crippen MR) is 76.0 cm³/mol. The van der Waals surface area contributed by atoms with Crippen LogP contribution in [0, 0.1) is 13.8 Å². The average Bonchev–Trinajstić information content (AvgIpc) is 2.69. The molecule has 1 aromatic heterocycles. The first-order chi connectivity index (χ1) is 8.61. The fraction of sp³-hybridized carbons (Fsp3) is 0.375. The quantitative estimate of drug-likeness (QED) is 0.846. The van der Waals surface area contributed by atoms with Crippen molar-refractivity contribution in [3.05, 3.63) is 53.0 Å². The van der Waals surface area contributed by atoms with Crippen LogP contribution < -0.4 is 5.32 Å². The van der Waals surface area contributed by atoms with Gasteiger partial charge in [0.05, 0.1) is 6.04 Å². The predicted octanol–water partition coefficient (Wildman–Crippen LogP) is 4.63. The lowest BCUT2D eigenvalue weighted by Crippen LogP contribution is -2.08. The molecule has 0 bridgehead atoms. The molecule has 0 aliphatic heterocycles. The summed E-state index contributed by atoms with van der Waals surface area (Å²) in [5, 5.41) is 3.57. The summed E-state index contributed by atoms with van der Waals surface area (Å²) in [4.78, 5) is 0. The molecule has 96 valence electrons. The maximum atomic E-state index is 5.59. The molecule has 2 nitrogen and oxygen atoms in total. The van der Waals surface area contributed by atoms with Gasteiger partial charge in [0.25, 0.3) is 0 Å². The number of rotatable bonds is 4. The van der Waals surface area contributed by atoms with Crippen molar-refractivity contribution in [1.82, 2.24) is 0 Å². The van der Waals surface area contributed by atoms with E-state index in [-0.39, 0.29) is 6.04 Å². The minimum atomic E-state index is 0.259. The summed E-state index contributed by atoms with van der Waals surface area (Å²) >= 11 is 0. The van der Waals surface area contributed by atoms with E-state index in [2.05, 4.69) is 49.5 Å². The molecule has 0 aliphatic rings. The standard InChI is InChI=1S/C16H21NO/c1-5-14-8-6-7-9-16(14)17-12(3)15-10-11(2)18-13(15)4/h6-10,12,17H,5H2,1-4H3. The normalized spacial score (nSPS) is 12.4. The Morgan fingerprint density at radius 3 is 2.56 bits per heavy atom. The van der Waals surface area contributed by atoms with Crippen LogP contribution in [0.25, 0.3) is 0 Å². The lowest BCUT2D eigenvalue weighted by molar-refractivity contribution is 0.500. The Kier molecular flexibility index (Phi) is 3.75. The van der Waals surface area contributed by atoms with Gasteiger partial charge in [0, 0.05) is 11.3 Å². The SMILES string of the molecule is CCc1ccccc1NC(C)c1cc(C)oc1C. The molecule has 1 unspecified atom stereocenters. The molecule has 2 heteroatoms. The van der Waals surface area contributed by atoms with E-state index >= 15 is 0 Å². The summed E-state index contributed by atoms with van der Waals surface area (Å²) in [6.45, 7) is 8.36. The van der Waals surface area contributed by atoms with Crippen molar-refractivity contribution >= 4 is 5.69 Å². The Morgan fingerprint density at radius 1 is 1.22 bits per heavy atom. The van der Waals surface area contributed by atoms with Crippen LogP contribution in [0.3, 0.4) is 0 Å². The number of aryl methyl sites for hydroxylation is 3. The molecular formula is C16H21NO. The summed E-state index contributed by atoms with van der Waals surface area (Å²) in [5.74, 6) is 1.97. The summed E-state index contributed by atoms with van der Waals surface area (Å²) in [7, 11) is 0. The first-order valence-corrected chi connectivity index (χ1v) is 6.53. The minimum absolute atomic E-state index is 0.259. The van der Waals surface area contributed by atoms with Gasteiger partial charge in [0.2, 0.25) is 0 Å². The largest absolute Gasteiger partial charge is 0.466 e. The van der Waals surface area contributed by atoms with Crippen LogP contribution in [-0.2, 0) is 6.42 Å². The fourth-order valence-electron chi connectivity index (χ4n) is 2.36. The fourth-order valence-corrected chi connectivity index (χ4v) is 2.36. The molecule has 2 aromatic rings. The van der Waals surface area contributed by atoms with Crippen LogP contribution in [0.5, 0.6) is 0 Å². The van der Waals surface area contributed by atoms with Crippen molar-refractivity contribution in [1.29, 1.82) is 0 Å². The molecule has 18 heavy (non-hydrogen) atoms. The maximum Gasteiger partial charge on any atom is 0.106 e. The van der Waals surface area contributed by atoms with Crippen LogP contribution in [0.2, 0.25) is 0 Å². The van der Waals surface area contributed by atoms with E-state index in [1.54, 1.807) is 0 Å². The van der Waals surface area contributed by atoms with Gasteiger partial charge in [-0.1, -0.05) is 25.1 Å². The first-order valence-electron chi connectivity index (χ1n) is 6.53. The maximum absolute atomic E-state index is 5.59. The molecule has 2 rings (SSSR count). The lowest BCUT2D eigenvalue weighted by Gasteiger charge is -2.17. The summed E-state index contributed by atoms with van der Waals surface area (Å²) < 4.78 is 5.59. The van der Waals surface area contributed by atoms with Gasteiger partial charge in [-0.2, -0.15) is 0 Å². The second-order valence-corrected chi connectivity index (χ2v) is 4.75. The van der Waals surface area contributed by atoms with Gasteiger partial charge in [-0.05, 0) is 44.9 Å². The van der Waals surface area contributed by atoms with Gasteiger partial charge >= 0.3 is 0 Å². The number of hydrogen-bond acceptors (Lipinski definition) is 2. The zero-order valence-corrected chi connectivity index (χ0v) is 11.6. The zero-order chi connectivity index (χ0) is 13.1. The van der Waals surface area contributed by atoms with Crippen molar-refractivity contribution in [2.45, 2.75) is 40.2 Å². The Labute approximate surface area is 109 Å². The van der Waals surface area contributed by atoms with Crippen LogP contribution in [0.1, 0.15) is 42.5 Å². The molecule has 0 saturated heterocycles. The molecule has 1 heterocycles. The van der Waals surface area contributed by atoms with E-state index < -0.39 is 0 Å². The highest BCUT2D eigenvalue weighted by atomic mass is 16.3. The first kappa shape index (κ1) is 12.7. The van der Waals surface area contributed by atoms with Crippen molar-refractivity contribution in [3.63, 3.8) is 0 Å². The molecule has 1 atom stereocenters. The summed E-state index contributed by atoms with van der Waals surface area (Å²) in [6.07, 6.45) is 1.04. The van der Waals surface area contributed by atoms with Crippen LogP contribution in [-0.4, -0.2) is 0 Å². The molecule has 0 amide bonds. The third kappa shape index (κ3) is 2.58. The van der Waals surface area contributed by atoms with Crippen LogP contribution in [0.4, 0.5) is 5.69 Å². The highest BCUT2D eigenvalue weighted by molar-refractivity contribution is 5.52. The van der Waals surface area contributed by atoms with Gasteiger partial charge in [0.15, 0.2) is 0 Å². The topological polar surface area (TPSA) is 25.2 Å². The zero-order valence-electron chi connectivity index (χ0n) is 11.6. The number of para-hydroxylation sites is 1. The molecule has 1 N–H and O–H groups in total. The van der Waals surface area contributed by atoms with Gasteiger partial charge in [-0.25, -0.2) is 0 Å². The van der Waals surface area contributed by atoms with Crippen molar-refractivity contribution in [2.75, 3.05) is 5.32 Å². The summed E-state index contributed by atoms with van der Waals surface area (Å²) in [6, 6.07) is 10.8. The van der Waals surface area contributed by atoms with E-state index in [1.165, 1.54) is 16.8 Å². The van der Waals surface area contributed by atoms with Crippen molar-refractivity contribution < 1.29 is 4.42 Å². The monoisotopic (exact) mass is 243 g/mol. The Balaban J connectivity index is 2.21. The highest BCUT2D eigenvalue weighted by Gasteiger charge is 2.13. The Morgan fingerprint density at radius 2 is 1.94 bits per heavy atom. The lowest BCUT2D eigenvalue weighted by atomic mass is 10.1. The highest BCUT2D eigenvalue weighted by Crippen LogP contribution is 2.26. The molecule has 0 saturated carbocycles. The molecule has 0 aliphatic carbocycles. The number of nitrogens with one attached hydrogen (secondary N) is 1. The Hall–Kier alpha value is -1.70. The third-order valence-corrected chi connectivity index (χ3v) is 3.32. The van der Waals surface area contributed by atoms with E-state index in [9.17, 15) is 0 Å². The number of benzene rings is 1. The van der Waals surface area contributed by atoms with Gasteiger partial charge in [-0.15, -0.1) is 0 Å². The van der Waals surface area contributed by atoms with E-state index in [1.807, 2.05) is 13.8 Å². The second-order valence-electron chi connectivity index (χ2n) is 4.75. The van der Waals surface area contributed by atoms with Crippen LogP contribution in [0.15, 0.2) is 34.7 Å². The number of hydrogen-bond donors (Lipinski definition) is 1. The van der Waals surface area contributed by atoms with Crippen molar-refractivity contribution in [3.8, 4) is 0 Å². The third-order valence-electron chi connectivity index (χ3n) is 3.32. The van der Waals surface area contributed by atoms with E-state index in [0.29, 0.717) is 0 Å². The number of anilines is 1. The molecule has 0 radical (unpaired) electrons. The molecular weight excluding hydrogens is 222 g/mol. The minimum Gasteiger partial charge on any atom is -0.466 e. The second kappa shape index (κ2) is 5.30. The summed E-state index contributed by atoms with van der Waals surface area (Å²) in [5.41, 5.74) is 3.80. The van der Waals surface area contributed by atoms with E-state index in [4.69, 9.17) is 4.42 Å². The average molecular weight is 243 g/mol. The molecule has 1 aromatic carbocycles. The van der Waals surface area contributed by atoms with E-state index in [0.717, 1.165) is 17.9 Å². The number of furan rings is 1. The smallest absolute Gasteiger partial charge is 0.106 e. The Bertz CT molecular complexity index is 528. The van der Waals surface area contributed by atoms with Crippen molar-refractivity contribution in [2.24, 2.45) is 0 Å². The van der Waals surface area contributed by atoms with Crippen LogP contribution >= 0.6 is 0 Å². The van der Waals surface area contributed by atoms with Gasteiger partial charge in [-0.3, -0.25) is 0 Å². The molecule has 0 spiro atoms. The van der Waals surface area contributed by atoms with Gasteiger partial charge < -0.3 is 9.73 Å².